The molecule has 3 heterocycles. The molecule has 2 aliphatic rings. The average Bonchev–Trinajstić information content (AvgIpc) is 3.39. The van der Waals surface area contributed by atoms with Crippen molar-refractivity contribution in [3.8, 4) is 0 Å². The van der Waals surface area contributed by atoms with E-state index in [4.69, 9.17) is 0 Å². The minimum atomic E-state index is -2.79. The molecule has 2 saturated carbocycles. The molecule has 0 aromatic carbocycles. The monoisotopic (exact) mass is 487 g/mol. The van der Waals surface area contributed by atoms with Gasteiger partial charge in [0, 0.05) is 27.4 Å². The third-order valence-electron chi connectivity index (χ3n) is 7.49. The summed E-state index contributed by atoms with van der Waals surface area (Å²) in [5, 5.41) is 11.1. The summed E-state index contributed by atoms with van der Waals surface area (Å²) in [6.07, 6.45) is 8.30. The van der Waals surface area contributed by atoms with E-state index in [0.29, 0.717) is 23.4 Å². The van der Waals surface area contributed by atoms with Gasteiger partial charge in [-0.3, -0.25) is 9.48 Å². The topological polar surface area (TPSA) is 80.4 Å². The van der Waals surface area contributed by atoms with Gasteiger partial charge in [-0.15, -0.1) is 0 Å². The first-order valence-electron chi connectivity index (χ1n) is 12.5. The number of rotatable bonds is 8. The lowest BCUT2D eigenvalue weighted by Gasteiger charge is -2.30. The highest BCUT2D eigenvalue weighted by molar-refractivity contribution is 6.08. The molecule has 3 aromatic rings. The summed E-state index contributed by atoms with van der Waals surface area (Å²) in [7, 11) is 1.98. The zero-order chi connectivity index (χ0) is 24.7. The van der Waals surface area contributed by atoms with Gasteiger partial charge in [-0.05, 0) is 62.3 Å². The normalized spacial score (nSPS) is 20.7. The van der Waals surface area contributed by atoms with E-state index in [1.165, 1.54) is 23.6 Å². The molecule has 10 heteroatoms. The van der Waals surface area contributed by atoms with Crippen LogP contribution in [0.2, 0.25) is 0 Å². The van der Waals surface area contributed by atoms with Crippen molar-refractivity contribution in [2.45, 2.75) is 64.8 Å². The fraction of sp³-hybridized carbons (Fsp3) is 0.600. The number of halogens is 2. The lowest BCUT2D eigenvalue weighted by atomic mass is 9.80. The van der Waals surface area contributed by atoms with Crippen LogP contribution in [0, 0.1) is 17.8 Å². The number of carbonyl (C=O) groups excluding carboxylic acids is 1. The molecular formula is C25H35F2N7O. The number of fused-ring (bicyclic) bond motifs is 1. The van der Waals surface area contributed by atoms with Crippen molar-refractivity contribution < 1.29 is 15.0 Å². The fourth-order valence-corrected chi connectivity index (χ4v) is 5.09. The van der Waals surface area contributed by atoms with Crippen LogP contribution in [0.3, 0.4) is 0 Å². The van der Waals surface area contributed by atoms with Crippen LogP contribution in [0.5, 0.6) is 0 Å². The summed E-state index contributed by atoms with van der Waals surface area (Å²) in [4.78, 5) is 19.8. The molecule has 0 spiro atoms. The van der Waals surface area contributed by atoms with Gasteiger partial charge in [0.25, 0.3) is 12.3 Å². The molecule has 0 atom stereocenters. The Morgan fingerprint density at radius 3 is 2.63 bits per heavy atom. The first kappa shape index (κ1) is 23.7. The van der Waals surface area contributed by atoms with Gasteiger partial charge in [0.05, 0.1) is 17.9 Å². The molecule has 1 N–H and O–H groups in total. The molecular weight excluding hydrogens is 452 g/mol. The van der Waals surface area contributed by atoms with Gasteiger partial charge >= 0.3 is 0 Å². The van der Waals surface area contributed by atoms with E-state index in [9.17, 15) is 13.6 Å². The molecule has 3 aromatic heterocycles. The number of anilines is 2. The summed E-state index contributed by atoms with van der Waals surface area (Å²) in [6.45, 7) is 5.37. The van der Waals surface area contributed by atoms with E-state index in [1.807, 2.05) is 13.1 Å². The number of amides is 1. The van der Waals surface area contributed by atoms with Crippen LogP contribution in [-0.2, 0) is 0 Å². The second kappa shape index (κ2) is 9.54. The Hall–Kier alpha value is -3.04. The number of hydrogen-bond acceptors (Lipinski definition) is 5. The Morgan fingerprint density at radius 2 is 1.97 bits per heavy atom. The quantitative estimate of drug-likeness (QED) is 0.448. The third kappa shape index (κ3) is 5.01. The maximum atomic E-state index is 13.8. The first-order chi connectivity index (χ1) is 16.8. The molecule has 35 heavy (non-hydrogen) atoms. The van der Waals surface area contributed by atoms with Crippen LogP contribution in [0.25, 0.3) is 5.65 Å². The molecule has 5 rings (SSSR count). The number of nitrogens with one attached hydrogen (secondary N) is 1. The van der Waals surface area contributed by atoms with Crippen LogP contribution in [0.1, 0.15) is 82.3 Å². The van der Waals surface area contributed by atoms with Gasteiger partial charge in [0.1, 0.15) is 11.4 Å². The van der Waals surface area contributed by atoms with Crippen molar-refractivity contribution in [3.05, 3.63) is 35.9 Å². The molecule has 0 bridgehead atoms. The van der Waals surface area contributed by atoms with Crippen LogP contribution >= 0.6 is 0 Å². The minimum absolute atomic E-state index is 0. The Balaban J connectivity index is 0.00000304. The van der Waals surface area contributed by atoms with Crippen LogP contribution in [-0.4, -0.2) is 43.9 Å². The summed E-state index contributed by atoms with van der Waals surface area (Å²) in [5.74, 6) is 2.19. The third-order valence-corrected chi connectivity index (χ3v) is 7.49. The lowest BCUT2D eigenvalue weighted by Crippen LogP contribution is -2.21. The first-order valence-corrected chi connectivity index (χ1v) is 12.5. The van der Waals surface area contributed by atoms with Crippen LogP contribution < -0.4 is 10.2 Å². The summed E-state index contributed by atoms with van der Waals surface area (Å²) in [6, 6.07) is 1.92. The highest BCUT2D eigenvalue weighted by Gasteiger charge is 2.28. The highest BCUT2D eigenvalue weighted by atomic mass is 19.3. The average molecular weight is 488 g/mol. The molecule has 8 nitrogen and oxygen atoms in total. The second-order valence-corrected chi connectivity index (χ2v) is 10.4. The van der Waals surface area contributed by atoms with Crippen LogP contribution in [0.15, 0.2) is 24.7 Å². The molecule has 0 saturated heterocycles. The van der Waals surface area contributed by atoms with E-state index < -0.39 is 18.0 Å². The van der Waals surface area contributed by atoms with E-state index >= 15 is 0 Å². The number of nitrogens with zero attached hydrogens (tertiary/aromatic N) is 6. The predicted octanol–water partition coefficient (Wildman–Crippen LogP) is 5.60. The van der Waals surface area contributed by atoms with Crippen LogP contribution in [0.4, 0.5) is 20.3 Å². The fourth-order valence-electron chi connectivity index (χ4n) is 5.09. The van der Waals surface area contributed by atoms with E-state index in [-0.39, 0.29) is 18.7 Å². The zero-order valence-corrected chi connectivity index (χ0v) is 20.5. The SMILES string of the molecule is CC(C)C1CCC(n2cc(NC(=O)c3cnn4ccc(N(C)CC5CC5)nc34)c(C(F)F)n2)CC1.[HH]. The number of carbonyl (C=O) groups is 1. The Morgan fingerprint density at radius 1 is 1.23 bits per heavy atom. The Kier molecular flexibility index (Phi) is 6.46. The molecule has 0 aliphatic heterocycles. The molecule has 2 fully saturated rings. The molecule has 1 amide bonds. The summed E-state index contributed by atoms with van der Waals surface area (Å²) < 4.78 is 30.8. The Labute approximate surface area is 205 Å². The van der Waals surface area contributed by atoms with Gasteiger partial charge in [-0.1, -0.05) is 13.8 Å². The zero-order valence-electron chi connectivity index (χ0n) is 20.5. The smallest absolute Gasteiger partial charge is 0.284 e. The van der Waals surface area contributed by atoms with E-state index in [2.05, 4.69) is 39.2 Å². The van der Waals surface area contributed by atoms with Gasteiger partial charge in [0.2, 0.25) is 0 Å². The summed E-state index contributed by atoms with van der Waals surface area (Å²) >= 11 is 0. The second-order valence-electron chi connectivity index (χ2n) is 10.4. The lowest BCUT2D eigenvalue weighted by molar-refractivity contribution is 0.102. The summed E-state index contributed by atoms with van der Waals surface area (Å²) in [5.41, 5.74) is 0.258. The Bertz CT molecular complexity index is 1200. The van der Waals surface area contributed by atoms with Gasteiger partial charge in [-0.25, -0.2) is 18.3 Å². The van der Waals surface area contributed by atoms with Crippen molar-refractivity contribution in [2.75, 3.05) is 23.8 Å². The molecule has 0 radical (unpaired) electrons. The van der Waals surface area contributed by atoms with Gasteiger partial charge < -0.3 is 10.2 Å². The molecule has 0 unspecified atom stereocenters. The number of aromatic nitrogens is 5. The van der Waals surface area contributed by atoms with Crippen molar-refractivity contribution in [2.24, 2.45) is 17.8 Å². The maximum absolute atomic E-state index is 13.8. The number of alkyl halides is 2. The van der Waals surface area contributed by atoms with Gasteiger partial charge in [0.15, 0.2) is 11.3 Å². The number of hydrogen-bond donors (Lipinski definition) is 1. The molecule has 2 aliphatic carbocycles. The maximum Gasteiger partial charge on any atom is 0.284 e. The standard InChI is InChI=1S/C25H33F2N7O.H2/c1-15(2)17-6-8-18(9-7-17)34-14-20(22(31-34)23(26)27)29-25(35)19-12-28-33-11-10-21(30-24(19)33)32(3)13-16-4-5-16;/h10-12,14-18,23H,4-9,13H2,1-3H3,(H,29,35);1H. The molecule has 190 valence electrons. The predicted molar refractivity (Wildman–Crippen MR) is 132 cm³/mol. The van der Waals surface area contributed by atoms with Crippen molar-refractivity contribution in [1.82, 2.24) is 24.4 Å². The van der Waals surface area contributed by atoms with Crippen molar-refractivity contribution in [3.63, 3.8) is 0 Å². The highest BCUT2D eigenvalue weighted by Crippen LogP contribution is 2.37. The van der Waals surface area contributed by atoms with Gasteiger partial charge in [-0.2, -0.15) is 10.2 Å². The van der Waals surface area contributed by atoms with Crippen molar-refractivity contribution in [1.29, 1.82) is 0 Å². The largest absolute Gasteiger partial charge is 0.359 e. The minimum Gasteiger partial charge on any atom is -0.359 e. The van der Waals surface area contributed by atoms with E-state index in [0.717, 1.165) is 38.0 Å². The van der Waals surface area contributed by atoms with E-state index in [1.54, 1.807) is 17.1 Å². The van der Waals surface area contributed by atoms with Crippen molar-refractivity contribution >= 4 is 23.1 Å².